The van der Waals surface area contributed by atoms with Crippen LogP contribution in [0.4, 0.5) is 0 Å². The van der Waals surface area contributed by atoms with E-state index in [0.717, 1.165) is 31.0 Å². The van der Waals surface area contributed by atoms with Crippen molar-refractivity contribution >= 4 is 5.97 Å². The molecule has 0 spiro atoms. The normalized spacial score (nSPS) is 16.8. The summed E-state index contributed by atoms with van der Waals surface area (Å²) in [6.45, 7) is 3.75. The van der Waals surface area contributed by atoms with Gasteiger partial charge in [-0.2, -0.15) is 0 Å². The third kappa shape index (κ3) is 4.24. The highest BCUT2D eigenvalue weighted by Crippen LogP contribution is 2.24. The molecule has 0 radical (unpaired) electrons. The third-order valence-corrected chi connectivity index (χ3v) is 4.57. The van der Waals surface area contributed by atoms with Gasteiger partial charge in [-0.1, -0.05) is 18.6 Å². The number of benzene rings is 1. The van der Waals surface area contributed by atoms with E-state index in [1.807, 2.05) is 24.3 Å². The Labute approximate surface area is 142 Å². The standard InChI is InChI=1S/C19H24N2O3/c22-19(23)16-8-6-15(7-9-16)13-20-14-17(18-5-4-12-24-18)21-10-2-1-3-11-21/h4-9,12,17,20H,1-3,10-11,13-14H2,(H,22,23). The van der Waals surface area contributed by atoms with Gasteiger partial charge in [0.15, 0.2) is 0 Å². The molecule has 0 bridgehead atoms. The number of aromatic carboxylic acids is 1. The van der Waals surface area contributed by atoms with E-state index >= 15 is 0 Å². The summed E-state index contributed by atoms with van der Waals surface area (Å²) in [6, 6.07) is 11.2. The average molecular weight is 328 g/mol. The van der Waals surface area contributed by atoms with Crippen LogP contribution in [-0.2, 0) is 6.54 Å². The van der Waals surface area contributed by atoms with Crippen LogP contribution in [0.5, 0.6) is 0 Å². The molecule has 24 heavy (non-hydrogen) atoms. The Kier molecular flexibility index (Phi) is 5.67. The fourth-order valence-electron chi connectivity index (χ4n) is 3.24. The van der Waals surface area contributed by atoms with Gasteiger partial charge in [-0.15, -0.1) is 0 Å². The molecule has 1 saturated heterocycles. The molecule has 1 aromatic heterocycles. The Morgan fingerprint density at radius 1 is 1.17 bits per heavy atom. The van der Waals surface area contributed by atoms with Crippen molar-refractivity contribution in [2.24, 2.45) is 0 Å². The van der Waals surface area contributed by atoms with Crippen LogP contribution in [-0.4, -0.2) is 35.6 Å². The molecule has 1 aromatic carbocycles. The molecule has 1 aliphatic rings. The largest absolute Gasteiger partial charge is 0.478 e. The molecule has 1 fully saturated rings. The fourth-order valence-corrected chi connectivity index (χ4v) is 3.24. The molecule has 0 aliphatic carbocycles. The first-order chi connectivity index (χ1) is 11.7. The van der Waals surface area contributed by atoms with E-state index in [2.05, 4.69) is 10.2 Å². The van der Waals surface area contributed by atoms with Gasteiger partial charge in [0.25, 0.3) is 0 Å². The van der Waals surface area contributed by atoms with Crippen molar-refractivity contribution in [1.82, 2.24) is 10.2 Å². The molecule has 128 valence electrons. The third-order valence-electron chi connectivity index (χ3n) is 4.57. The van der Waals surface area contributed by atoms with Gasteiger partial charge in [0, 0.05) is 13.1 Å². The van der Waals surface area contributed by atoms with Crippen molar-refractivity contribution in [2.75, 3.05) is 19.6 Å². The van der Waals surface area contributed by atoms with E-state index in [-0.39, 0.29) is 6.04 Å². The summed E-state index contributed by atoms with van der Waals surface area (Å²) < 4.78 is 5.65. The van der Waals surface area contributed by atoms with Crippen molar-refractivity contribution < 1.29 is 14.3 Å². The van der Waals surface area contributed by atoms with Crippen molar-refractivity contribution in [3.05, 3.63) is 59.5 Å². The number of carboxylic acids is 1. The predicted octanol–water partition coefficient (Wildman–Crippen LogP) is 3.29. The van der Waals surface area contributed by atoms with Gasteiger partial charge in [-0.3, -0.25) is 4.90 Å². The van der Waals surface area contributed by atoms with E-state index in [1.165, 1.54) is 19.3 Å². The number of carbonyl (C=O) groups is 1. The molecule has 5 heteroatoms. The maximum atomic E-state index is 10.9. The van der Waals surface area contributed by atoms with Gasteiger partial charge in [0.05, 0.1) is 17.9 Å². The SMILES string of the molecule is O=C(O)c1ccc(CNCC(c2ccco2)N2CCCCC2)cc1. The molecule has 2 N–H and O–H groups in total. The summed E-state index contributed by atoms with van der Waals surface area (Å²) in [5.74, 6) is 0.114. The summed E-state index contributed by atoms with van der Waals surface area (Å²) >= 11 is 0. The van der Waals surface area contributed by atoms with Crippen LogP contribution in [0.25, 0.3) is 0 Å². The summed E-state index contributed by atoms with van der Waals surface area (Å²) in [4.78, 5) is 13.4. The first-order valence-corrected chi connectivity index (χ1v) is 8.54. The van der Waals surface area contributed by atoms with Crippen molar-refractivity contribution in [3.63, 3.8) is 0 Å². The van der Waals surface area contributed by atoms with Gasteiger partial charge >= 0.3 is 5.97 Å². The number of carboxylic acid groups (broad SMARTS) is 1. The summed E-state index contributed by atoms with van der Waals surface area (Å²) in [5.41, 5.74) is 1.40. The van der Waals surface area contributed by atoms with E-state index in [9.17, 15) is 4.79 Å². The Morgan fingerprint density at radius 3 is 2.54 bits per heavy atom. The van der Waals surface area contributed by atoms with Crippen LogP contribution in [0, 0.1) is 0 Å². The first kappa shape index (κ1) is 16.7. The zero-order chi connectivity index (χ0) is 16.8. The molecular formula is C19H24N2O3. The van der Waals surface area contributed by atoms with E-state index < -0.39 is 5.97 Å². The molecule has 0 amide bonds. The number of nitrogens with one attached hydrogen (secondary N) is 1. The topological polar surface area (TPSA) is 65.7 Å². The van der Waals surface area contributed by atoms with Gasteiger partial charge < -0.3 is 14.8 Å². The maximum Gasteiger partial charge on any atom is 0.335 e. The fraction of sp³-hybridized carbons (Fsp3) is 0.421. The highest BCUT2D eigenvalue weighted by atomic mass is 16.4. The molecule has 3 rings (SSSR count). The minimum Gasteiger partial charge on any atom is -0.478 e. The number of rotatable bonds is 7. The van der Waals surface area contributed by atoms with Crippen LogP contribution >= 0.6 is 0 Å². The lowest BCUT2D eigenvalue weighted by molar-refractivity contribution is 0.0697. The summed E-state index contributed by atoms with van der Waals surface area (Å²) in [5, 5.41) is 12.4. The Balaban J connectivity index is 1.58. The van der Waals surface area contributed by atoms with Crippen LogP contribution in [0.3, 0.4) is 0 Å². The van der Waals surface area contributed by atoms with Crippen LogP contribution in [0.2, 0.25) is 0 Å². The molecule has 2 aromatic rings. The van der Waals surface area contributed by atoms with Gasteiger partial charge in [-0.25, -0.2) is 4.79 Å². The number of hydrogen-bond donors (Lipinski definition) is 2. The quantitative estimate of drug-likeness (QED) is 0.816. The van der Waals surface area contributed by atoms with E-state index in [4.69, 9.17) is 9.52 Å². The van der Waals surface area contributed by atoms with Crippen LogP contribution in [0.15, 0.2) is 47.1 Å². The second-order valence-corrected chi connectivity index (χ2v) is 6.26. The van der Waals surface area contributed by atoms with E-state index in [1.54, 1.807) is 18.4 Å². The van der Waals surface area contributed by atoms with Crippen molar-refractivity contribution in [3.8, 4) is 0 Å². The monoisotopic (exact) mass is 328 g/mol. The number of furan rings is 1. The van der Waals surface area contributed by atoms with Crippen molar-refractivity contribution in [1.29, 1.82) is 0 Å². The number of likely N-dealkylation sites (tertiary alicyclic amines) is 1. The van der Waals surface area contributed by atoms with Gasteiger partial charge in [0.1, 0.15) is 5.76 Å². The van der Waals surface area contributed by atoms with Crippen molar-refractivity contribution in [2.45, 2.75) is 31.8 Å². The Bertz CT molecular complexity index is 631. The molecule has 0 saturated carbocycles. The Morgan fingerprint density at radius 2 is 1.92 bits per heavy atom. The molecule has 1 unspecified atom stereocenters. The average Bonchev–Trinajstić information content (AvgIpc) is 3.14. The lowest BCUT2D eigenvalue weighted by Gasteiger charge is -2.33. The highest BCUT2D eigenvalue weighted by molar-refractivity contribution is 5.87. The number of nitrogens with zero attached hydrogens (tertiary/aromatic N) is 1. The van der Waals surface area contributed by atoms with E-state index in [0.29, 0.717) is 12.1 Å². The molecular weight excluding hydrogens is 304 g/mol. The van der Waals surface area contributed by atoms with Gasteiger partial charge in [-0.05, 0) is 55.8 Å². The first-order valence-electron chi connectivity index (χ1n) is 8.54. The lowest BCUT2D eigenvalue weighted by atomic mass is 10.1. The predicted molar refractivity (Wildman–Crippen MR) is 92.0 cm³/mol. The summed E-state index contributed by atoms with van der Waals surface area (Å²) in [6.07, 6.45) is 5.53. The maximum absolute atomic E-state index is 10.9. The molecule has 1 aliphatic heterocycles. The zero-order valence-electron chi connectivity index (χ0n) is 13.8. The lowest BCUT2D eigenvalue weighted by Crippen LogP contribution is -2.38. The second-order valence-electron chi connectivity index (χ2n) is 6.26. The molecule has 5 nitrogen and oxygen atoms in total. The Hall–Kier alpha value is -2.11. The molecule has 1 atom stereocenters. The number of piperidine rings is 1. The number of hydrogen-bond acceptors (Lipinski definition) is 4. The minimum atomic E-state index is -0.891. The highest BCUT2D eigenvalue weighted by Gasteiger charge is 2.23. The second kappa shape index (κ2) is 8.13. The van der Waals surface area contributed by atoms with Crippen LogP contribution < -0.4 is 5.32 Å². The van der Waals surface area contributed by atoms with Crippen LogP contribution in [0.1, 0.15) is 47.0 Å². The molecule has 2 heterocycles. The van der Waals surface area contributed by atoms with Gasteiger partial charge in [0.2, 0.25) is 0 Å². The zero-order valence-corrected chi connectivity index (χ0v) is 13.8. The minimum absolute atomic E-state index is 0.249. The summed E-state index contributed by atoms with van der Waals surface area (Å²) in [7, 11) is 0. The smallest absolute Gasteiger partial charge is 0.335 e.